The summed E-state index contributed by atoms with van der Waals surface area (Å²) in [7, 11) is 1.55. The summed E-state index contributed by atoms with van der Waals surface area (Å²) in [6.07, 6.45) is -1.20. The third-order valence-electron chi connectivity index (χ3n) is 1.22. The lowest BCUT2D eigenvalue weighted by Gasteiger charge is -1.96. The fourth-order valence-corrected chi connectivity index (χ4v) is 0.778. The Morgan fingerprint density at radius 1 is 1.73 bits per heavy atom. The highest BCUT2D eigenvalue weighted by Crippen LogP contribution is 2.23. The Hall–Kier alpha value is -1.17. The van der Waals surface area contributed by atoms with Gasteiger partial charge in [-0.05, 0) is 0 Å². The summed E-state index contributed by atoms with van der Waals surface area (Å²) in [5, 5.41) is 3.51. The largest absolute Gasteiger partial charge is 0.321 e. The Balaban J connectivity index is 3.02. The molecule has 3 N–H and O–H groups in total. The quantitative estimate of drug-likeness (QED) is 0.495. The van der Waals surface area contributed by atoms with Crippen molar-refractivity contribution in [3.8, 4) is 0 Å². The first kappa shape index (κ1) is 7.93. The van der Waals surface area contributed by atoms with Gasteiger partial charge in [0.05, 0.1) is 5.69 Å². The molecule has 0 bridgehead atoms. The summed E-state index contributed by atoms with van der Waals surface area (Å²) in [4.78, 5) is 0. The van der Waals surface area contributed by atoms with Gasteiger partial charge in [0.15, 0.2) is 5.69 Å². The van der Waals surface area contributed by atoms with Crippen molar-refractivity contribution in [1.29, 1.82) is 0 Å². The Bertz CT molecular complexity index is 245. The number of alkyl halides is 2. The smallest absolute Gasteiger partial charge is 0.284 e. The van der Waals surface area contributed by atoms with E-state index < -0.39 is 6.43 Å². The molecule has 0 aliphatic carbocycles. The van der Waals surface area contributed by atoms with Crippen LogP contribution in [0.1, 0.15) is 12.1 Å². The number of rotatable bonds is 2. The molecule has 0 aromatic carbocycles. The zero-order valence-corrected chi connectivity index (χ0v) is 5.88. The van der Waals surface area contributed by atoms with Crippen LogP contribution in [0.15, 0.2) is 6.20 Å². The number of aryl methyl sites for hydroxylation is 1. The molecule has 62 valence electrons. The van der Waals surface area contributed by atoms with Crippen LogP contribution in [0.25, 0.3) is 0 Å². The van der Waals surface area contributed by atoms with Crippen LogP contribution >= 0.6 is 0 Å². The fraction of sp³-hybridized carbons (Fsp3) is 0.400. The Kier molecular flexibility index (Phi) is 2.04. The van der Waals surface area contributed by atoms with Crippen molar-refractivity contribution in [3.05, 3.63) is 11.9 Å². The topological polar surface area (TPSA) is 55.9 Å². The van der Waals surface area contributed by atoms with E-state index in [1.807, 2.05) is 0 Å². The van der Waals surface area contributed by atoms with Gasteiger partial charge in [0.2, 0.25) is 0 Å². The predicted molar refractivity (Wildman–Crippen MR) is 36.0 cm³/mol. The van der Waals surface area contributed by atoms with Crippen LogP contribution < -0.4 is 11.3 Å². The van der Waals surface area contributed by atoms with Gasteiger partial charge in [-0.1, -0.05) is 0 Å². The first-order chi connectivity index (χ1) is 5.15. The number of hydrogen-bond donors (Lipinski definition) is 2. The fourth-order valence-electron chi connectivity index (χ4n) is 0.778. The van der Waals surface area contributed by atoms with E-state index in [1.54, 1.807) is 7.05 Å². The molecule has 6 heteroatoms. The van der Waals surface area contributed by atoms with Gasteiger partial charge in [0.25, 0.3) is 6.43 Å². The monoisotopic (exact) mass is 162 g/mol. The highest BCUT2D eigenvalue weighted by atomic mass is 19.3. The van der Waals surface area contributed by atoms with Gasteiger partial charge in [-0.25, -0.2) is 8.78 Å². The summed E-state index contributed by atoms with van der Waals surface area (Å²) < 4.78 is 25.4. The number of anilines is 1. The minimum absolute atomic E-state index is 0.155. The molecule has 0 saturated carbocycles. The van der Waals surface area contributed by atoms with E-state index in [-0.39, 0.29) is 11.4 Å². The molecule has 0 spiro atoms. The van der Waals surface area contributed by atoms with Crippen LogP contribution in [0.5, 0.6) is 0 Å². The van der Waals surface area contributed by atoms with Crippen molar-refractivity contribution in [1.82, 2.24) is 9.78 Å². The minimum atomic E-state index is -2.60. The number of nitrogen functional groups attached to an aromatic ring is 1. The van der Waals surface area contributed by atoms with Crippen molar-refractivity contribution >= 4 is 5.69 Å². The molecule has 0 unspecified atom stereocenters. The number of hydrogen-bond acceptors (Lipinski definition) is 3. The number of aromatic nitrogens is 2. The van der Waals surface area contributed by atoms with E-state index in [0.717, 1.165) is 0 Å². The molecule has 1 heterocycles. The van der Waals surface area contributed by atoms with E-state index in [0.29, 0.717) is 0 Å². The van der Waals surface area contributed by atoms with Crippen molar-refractivity contribution < 1.29 is 8.78 Å². The van der Waals surface area contributed by atoms with Gasteiger partial charge in [-0.15, -0.1) is 0 Å². The highest BCUT2D eigenvalue weighted by Gasteiger charge is 2.16. The SMILES string of the molecule is Cn1cc(NN)c(C(F)F)n1. The summed E-state index contributed by atoms with van der Waals surface area (Å²) in [5.74, 6) is 4.97. The van der Waals surface area contributed by atoms with Crippen molar-refractivity contribution in [3.63, 3.8) is 0 Å². The molecule has 4 nitrogen and oxygen atoms in total. The molecular formula is C5H8F2N4. The summed E-state index contributed by atoms with van der Waals surface area (Å²) in [5.41, 5.74) is 1.97. The second-order valence-corrected chi connectivity index (χ2v) is 2.05. The molecule has 0 aliphatic rings. The van der Waals surface area contributed by atoms with Crippen molar-refractivity contribution in [2.75, 3.05) is 5.43 Å². The van der Waals surface area contributed by atoms with Crippen LogP contribution in [-0.2, 0) is 7.05 Å². The number of hydrazine groups is 1. The lowest BCUT2D eigenvalue weighted by atomic mass is 10.4. The number of nitrogens with two attached hydrogens (primary N) is 1. The Labute approximate surface area is 62.0 Å². The van der Waals surface area contributed by atoms with Crippen LogP contribution in [0.3, 0.4) is 0 Å². The third kappa shape index (κ3) is 1.45. The van der Waals surface area contributed by atoms with E-state index in [1.165, 1.54) is 10.9 Å². The second kappa shape index (κ2) is 2.83. The Morgan fingerprint density at radius 3 is 2.73 bits per heavy atom. The van der Waals surface area contributed by atoms with Crippen molar-refractivity contribution in [2.24, 2.45) is 12.9 Å². The third-order valence-corrected chi connectivity index (χ3v) is 1.22. The molecule has 1 aromatic heterocycles. The first-order valence-electron chi connectivity index (χ1n) is 2.93. The first-order valence-corrected chi connectivity index (χ1v) is 2.93. The van der Waals surface area contributed by atoms with E-state index in [9.17, 15) is 8.78 Å². The molecule has 0 saturated heterocycles. The van der Waals surface area contributed by atoms with E-state index in [2.05, 4.69) is 10.5 Å². The van der Waals surface area contributed by atoms with Gasteiger partial charge in [-0.3, -0.25) is 10.5 Å². The molecule has 1 aromatic rings. The van der Waals surface area contributed by atoms with Crippen LogP contribution in [0.2, 0.25) is 0 Å². The lowest BCUT2D eigenvalue weighted by molar-refractivity contribution is 0.146. The maximum atomic E-state index is 12.1. The molecule has 0 atom stereocenters. The summed E-state index contributed by atoms with van der Waals surface area (Å²) in [6.45, 7) is 0. The van der Waals surface area contributed by atoms with Crippen molar-refractivity contribution in [2.45, 2.75) is 6.43 Å². The van der Waals surface area contributed by atoms with Crippen LogP contribution in [-0.4, -0.2) is 9.78 Å². The normalized spacial score (nSPS) is 10.6. The van der Waals surface area contributed by atoms with Gasteiger partial charge < -0.3 is 5.43 Å². The van der Waals surface area contributed by atoms with E-state index >= 15 is 0 Å². The second-order valence-electron chi connectivity index (χ2n) is 2.05. The number of nitrogens with zero attached hydrogens (tertiary/aromatic N) is 2. The zero-order chi connectivity index (χ0) is 8.43. The average Bonchev–Trinajstić information content (AvgIpc) is 2.30. The highest BCUT2D eigenvalue weighted by molar-refractivity contribution is 5.45. The number of nitrogens with one attached hydrogen (secondary N) is 1. The Morgan fingerprint density at radius 2 is 2.36 bits per heavy atom. The van der Waals surface area contributed by atoms with Gasteiger partial charge >= 0.3 is 0 Å². The van der Waals surface area contributed by atoms with Crippen LogP contribution in [0.4, 0.5) is 14.5 Å². The van der Waals surface area contributed by atoms with Gasteiger partial charge in [0, 0.05) is 13.2 Å². The van der Waals surface area contributed by atoms with E-state index in [4.69, 9.17) is 5.84 Å². The molecule has 1 rings (SSSR count). The summed E-state index contributed by atoms with van der Waals surface area (Å²) >= 11 is 0. The molecule has 0 amide bonds. The lowest BCUT2D eigenvalue weighted by Crippen LogP contribution is -2.07. The zero-order valence-electron chi connectivity index (χ0n) is 5.88. The maximum Gasteiger partial charge on any atom is 0.284 e. The molecule has 0 fully saturated rings. The molecule has 0 radical (unpaired) electrons. The number of halogens is 2. The molecular weight excluding hydrogens is 154 g/mol. The molecule has 11 heavy (non-hydrogen) atoms. The van der Waals surface area contributed by atoms with Gasteiger partial charge in [-0.2, -0.15) is 5.10 Å². The minimum Gasteiger partial charge on any atom is -0.321 e. The van der Waals surface area contributed by atoms with Crippen LogP contribution in [0, 0.1) is 0 Å². The average molecular weight is 162 g/mol. The summed E-state index contributed by atoms with van der Waals surface area (Å²) in [6, 6.07) is 0. The van der Waals surface area contributed by atoms with Gasteiger partial charge in [0.1, 0.15) is 0 Å². The predicted octanol–water partition coefficient (Wildman–Crippen LogP) is 0.643. The molecule has 0 aliphatic heterocycles. The maximum absolute atomic E-state index is 12.1. The standard InChI is InChI=1S/C5H8F2N4/c1-11-2-3(9-8)4(10-11)5(6)7/h2,5,9H,8H2,1H3.